The number of carboxylic acid groups (broad SMARTS) is 1. The zero-order chi connectivity index (χ0) is 33.6. The summed E-state index contributed by atoms with van der Waals surface area (Å²) in [7, 11) is 1.30. The molecule has 5 rings (SSSR count). The zero-order valence-electron chi connectivity index (χ0n) is 25.2. The van der Waals surface area contributed by atoms with Gasteiger partial charge in [-0.15, -0.1) is 11.3 Å². The summed E-state index contributed by atoms with van der Waals surface area (Å²) in [5.74, 6) is -7.71. The predicted molar refractivity (Wildman–Crippen MR) is 159 cm³/mol. The van der Waals surface area contributed by atoms with E-state index in [4.69, 9.17) is 25.9 Å². The zero-order valence-corrected chi connectivity index (χ0v) is 26.8. The van der Waals surface area contributed by atoms with Crippen molar-refractivity contribution in [3.05, 3.63) is 62.2 Å². The van der Waals surface area contributed by atoms with Gasteiger partial charge in [-0.05, 0) is 26.8 Å². The van der Waals surface area contributed by atoms with Gasteiger partial charge < -0.3 is 19.9 Å². The summed E-state index contributed by atoms with van der Waals surface area (Å²) in [6.07, 6.45) is 0.536. The van der Waals surface area contributed by atoms with Crippen LogP contribution in [0.15, 0.2) is 40.0 Å². The lowest BCUT2D eigenvalue weighted by Gasteiger charge is -2.34. The van der Waals surface area contributed by atoms with E-state index in [2.05, 4.69) is 15.3 Å². The summed E-state index contributed by atoms with van der Waals surface area (Å²) in [6.45, 7) is 3.03. The lowest BCUT2D eigenvalue weighted by atomic mass is 9.86. The maximum Gasteiger partial charge on any atom is 0.338 e. The Labute approximate surface area is 270 Å². The molecule has 0 saturated carbocycles. The van der Waals surface area contributed by atoms with Crippen molar-refractivity contribution in [1.82, 2.24) is 20.3 Å². The van der Waals surface area contributed by atoms with Crippen LogP contribution in [-0.4, -0.2) is 102 Å². The average Bonchev–Trinajstić information content (AvgIpc) is 3.73. The monoisotopic (exact) mass is 689 g/mol. The second-order valence-electron chi connectivity index (χ2n) is 11.5. The number of aromatic nitrogens is 1. The smallest absolute Gasteiger partial charge is 0.338 e. The number of ether oxygens (including phenoxy) is 2. The first kappa shape index (κ1) is 34.2. The minimum absolute atomic E-state index is 0.0386. The van der Waals surface area contributed by atoms with Crippen LogP contribution >= 0.6 is 22.9 Å². The molecule has 2 fully saturated rings. The highest BCUT2D eigenvalue weighted by Gasteiger charge is 2.61. The summed E-state index contributed by atoms with van der Waals surface area (Å²) in [5.41, 5.74) is -1.44. The Kier molecular flexibility index (Phi) is 9.78. The molecular formula is C29H32ClF4N5O6S. The highest BCUT2D eigenvalue weighted by molar-refractivity contribution is 7.11. The topological polar surface area (TPSA) is 126 Å². The first-order chi connectivity index (χ1) is 21.7. The molecule has 0 bridgehead atoms. The molecule has 0 aliphatic carbocycles. The summed E-state index contributed by atoms with van der Waals surface area (Å²) < 4.78 is 70.9. The standard InChI is InChI=1S/C29H32ClF4N5O6S/c1-5-44-26(40)19-16(36-24(25-35-8-9-46-25)37-22(19)14-6-7-15(31)21(32)20(14)30)10-38-13-29(33,34)23-17(38)12-45-39(23)11-18(43-4)28(2,3)27(41)42/h6-9,17-18,22-23H,5,10-13H2,1-4H3,(H,36,37)(H,41,42)/t17-,18-,22+,23+/m1/s1. The van der Waals surface area contributed by atoms with Gasteiger partial charge in [-0.25, -0.2) is 27.3 Å². The van der Waals surface area contributed by atoms with Gasteiger partial charge in [0.1, 0.15) is 12.1 Å². The molecule has 0 amide bonds. The third-order valence-electron chi connectivity index (χ3n) is 8.37. The fraction of sp³-hybridized carbons (Fsp3) is 0.517. The molecule has 2 aromatic rings. The Balaban J connectivity index is 1.53. The van der Waals surface area contributed by atoms with E-state index in [-0.39, 0.29) is 49.0 Å². The van der Waals surface area contributed by atoms with E-state index in [1.54, 1.807) is 12.3 Å². The number of nitrogens with zero attached hydrogens (tertiary/aromatic N) is 4. The van der Waals surface area contributed by atoms with E-state index < -0.39 is 70.7 Å². The van der Waals surface area contributed by atoms with Gasteiger partial charge in [-0.2, -0.15) is 5.06 Å². The van der Waals surface area contributed by atoms with Gasteiger partial charge in [0.05, 0.1) is 54.5 Å². The lowest BCUT2D eigenvalue weighted by molar-refractivity contribution is -0.205. The van der Waals surface area contributed by atoms with E-state index in [0.29, 0.717) is 5.01 Å². The first-order valence-corrected chi connectivity index (χ1v) is 15.5. The van der Waals surface area contributed by atoms with Gasteiger partial charge in [0.2, 0.25) is 0 Å². The van der Waals surface area contributed by atoms with Crippen molar-refractivity contribution in [2.45, 2.75) is 50.9 Å². The summed E-state index contributed by atoms with van der Waals surface area (Å²) >= 11 is 7.43. The number of halogens is 5. The van der Waals surface area contributed by atoms with E-state index in [1.165, 1.54) is 49.5 Å². The molecule has 3 aliphatic heterocycles. The van der Waals surface area contributed by atoms with Gasteiger partial charge in [-0.1, -0.05) is 17.7 Å². The Bertz CT molecular complexity index is 1560. The van der Waals surface area contributed by atoms with Crippen molar-refractivity contribution in [3.8, 4) is 0 Å². The number of thiazole rings is 1. The van der Waals surface area contributed by atoms with Crippen molar-refractivity contribution in [1.29, 1.82) is 0 Å². The fourth-order valence-corrected chi connectivity index (χ4v) is 6.70. The molecule has 11 nitrogen and oxygen atoms in total. The van der Waals surface area contributed by atoms with Crippen LogP contribution < -0.4 is 5.32 Å². The largest absolute Gasteiger partial charge is 0.481 e. The highest BCUT2D eigenvalue weighted by atomic mass is 35.5. The molecule has 0 radical (unpaired) electrons. The molecule has 250 valence electrons. The number of aliphatic carboxylic acids is 1. The molecule has 4 heterocycles. The number of hydrogen-bond donors (Lipinski definition) is 2. The number of esters is 1. The Morgan fingerprint density at radius 3 is 2.70 bits per heavy atom. The number of carboxylic acids is 1. The van der Waals surface area contributed by atoms with Crippen molar-refractivity contribution >= 4 is 40.7 Å². The SMILES string of the molecule is CCOC(=O)C1=C(CN2CC(F)(F)[C@@H]3[C@H]2CON3C[C@@H](OC)C(C)(C)C(=O)O)NC(c2nccs2)=N[C@H]1c1ccc(F)c(F)c1Cl. The number of fused-ring (bicyclic) bond motifs is 1. The summed E-state index contributed by atoms with van der Waals surface area (Å²) in [6, 6.07) is -1.59. The highest BCUT2D eigenvalue weighted by Crippen LogP contribution is 2.43. The van der Waals surface area contributed by atoms with Crippen molar-refractivity contribution in [2.24, 2.45) is 10.4 Å². The number of aliphatic imine (C=N–C) groups is 1. The average molecular weight is 690 g/mol. The van der Waals surface area contributed by atoms with Crippen LogP contribution in [0.1, 0.15) is 37.4 Å². The fourth-order valence-electron chi connectivity index (χ4n) is 5.85. The number of amidine groups is 1. The maximum atomic E-state index is 15.7. The van der Waals surface area contributed by atoms with E-state index in [9.17, 15) is 23.5 Å². The first-order valence-electron chi connectivity index (χ1n) is 14.3. The van der Waals surface area contributed by atoms with Gasteiger partial charge in [0, 0.05) is 36.5 Å². The second kappa shape index (κ2) is 13.2. The minimum atomic E-state index is -3.32. The molecule has 1 aromatic carbocycles. The number of carbonyl (C=O) groups is 2. The van der Waals surface area contributed by atoms with Crippen molar-refractivity contribution < 1.29 is 46.6 Å². The second-order valence-corrected chi connectivity index (χ2v) is 12.8. The molecule has 0 spiro atoms. The van der Waals surface area contributed by atoms with Gasteiger partial charge in [0.15, 0.2) is 22.5 Å². The predicted octanol–water partition coefficient (Wildman–Crippen LogP) is 4.04. The molecule has 46 heavy (non-hydrogen) atoms. The van der Waals surface area contributed by atoms with E-state index >= 15 is 8.78 Å². The third kappa shape index (κ3) is 6.25. The van der Waals surface area contributed by atoms with Crippen LogP contribution in [0, 0.1) is 17.0 Å². The number of likely N-dealkylation sites (tertiary alicyclic amines) is 1. The number of alkyl halides is 2. The molecule has 4 atom stereocenters. The van der Waals surface area contributed by atoms with Crippen LogP contribution in [0.5, 0.6) is 0 Å². The quantitative estimate of drug-likeness (QED) is 0.203. The summed E-state index contributed by atoms with van der Waals surface area (Å²) in [4.78, 5) is 41.3. The third-order valence-corrected chi connectivity index (χ3v) is 9.53. The number of benzene rings is 1. The van der Waals surface area contributed by atoms with E-state index in [1.807, 2.05) is 0 Å². The summed E-state index contributed by atoms with van der Waals surface area (Å²) in [5, 5.41) is 15.3. The normalized spacial score (nSPS) is 24.0. The minimum Gasteiger partial charge on any atom is -0.481 e. The molecule has 0 unspecified atom stereocenters. The van der Waals surface area contributed by atoms with Crippen LogP contribution in [0.2, 0.25) is 5.02 Å². The maximum absolute atomic E-state index is 15.7. The van der Waals surface area contributed by atoms with Crippen LogP contribution in [-0.2, 0) is 23.9 Å². The van der Waals surface area contributed by atoms with Gasteiger partial charge in [0.25, 0.3) is 5.92 Å². The molecule has 17 heteroatoms. The lowest BCUT2D eigenvalue weighted by Crippen LogP contribution is -2.51. The molecule has 2 N–H and O–H groups in total. The molecule has 3 aliphatic rings. The van der Waals surface area contributed by atoms with Crippen LogP contribution in [0.25, 0.3) is 0 Å². The van der Waals surface area contributed by atoms with Crippen molar-refractivity contribution in [2.75, 3.05) is 40.0 Å². The van der Waals surface area contributed by atoms with Crippen LogP contribution in [0.4, 0.5) is 17.6 Å². The van der Waals surface area contributed by atoms with Crippen LogP contribution in [0.3, 0.4) is 0 Å². The number of methoxy groups -OCH3 is 1. The molecule has 1 aromatic heterocycles. The number of rotatable bonds is 11. The Hall–Kier alpha value is -3.15. The van der Waals surface area contributed by atoms with Gasteiger partial charge in [-0.3, -0.25) is 19.5 Å². The van der Waals surface area contributed by atoms with Gasteiger partial charge >= 0.3 is 11.9 Å². The number of hydrogen-bond acceptors (Lipinski definition) is 11. The van der Waals surface area contributed by atoms with E-state index in [0.717, 1.165) is 11.1 Å². The Morgan fingerprint density at radius 1 is 1.33 bits per heavy atom. The number of hydroxylamine groups is 2. The number of carbonyl (C=O) groups excluding carboxylic acids is 1. The molecular weight excluding hydrogens is 658 g/mol. The Morgan fingerprint density at radius 2 is 2.07 bits per heavy atom. The number of nitrogens with one attached hydrogen (secondary N) is 1. The van der Waals surface area contributed by atoms with Crippen molar-refractivity contribution in [3.63, 3.8) is 0 Å². The molecule has 2 saturated heterocycles.